The molecule has 0 bridgehead atoms. The minimum Gasteiger partial charge on any atom is -0.508 e. The fourth-order valence-corrected chi connectivity index (χ4v) is 2.02. The van der Waals surface area contributed by atoms with Gasteiger partial charge in [0, 0.05) is 11.6 Å². The Bertz CT molecular complexity index is 409. The fraction of sp³-hybridized carbons (Fsp3) is 0.500. The zero-order valence-electron chi connectivity index (χ0n) is 11.2. The molecule has 0 saturated heterocycles. The van der Waals surface area contributed by atoms with Crippen molar-refractivity contribution in [3.8, 4) is 5.75 Å². The highest BCUT2D eigenvalue weighted by molar-refractivity contribution is 5.73. The second kappa shape index (κ2) is 7.76. The summed E-state index contributed by atoms with van der Waals surface area (Å²) in [6.45, 7) is 2.41. The third kappa shape index (κ3) is 4.89. The maximum atomic E-state index is 11.2. The van der Waals surface area contributed by atoms with Crippen LogP contribution in [0.5, 0.6) is 5.75 Å². The van der Waals surface area contributed by atoms with Crippen LogP contribution in [0.25, 0.3) is 0 Å². The number of hydrogen-bond acceptors (Lipinski definition) is 4. The molecule has 0 heterocycles. The summed E-state index contributed by atoms with van der Waals surface area (Å²) in [4.78, 5) is 11.2. The van der Waals surface area contributed by atoms with Crippen molar-refractivity contribution in [3.05, 3.63) is 29.8 Å². The number of benzene rings is 1. The van der Waals surface area contributed by atoms with Crippen molar-refractivity contribution in [2.24, 2.45) is 5.73 Å². The maximum Gasteiger partial charge on any atom is 0.320 e. The van der Waals surface area contributed by atoms with Crippen molar-refractivity contribution in [3.63, 3.8) is 0 Å². The van der Waals surface area contributed by atoms with E-state index in [-0.39, 0.29) is 11.8 Å². The number of aromatic hydroxyl groups is 1. The summed E-state index contributed by atoms with van der Waals surface area (Å²) in [7, 11) is 0. The Hall–Kier alpha value is -1.59. The number of phenols is 1. The fourth-order valence-electron chi connectivity index (χ4n) is 2.02. The second-order valence-corrected chi connectivity index (χ2v) is 4.62. The predicted octanol–water partition coefficient (Wildman–Crippen LogP) is 1.62. The molecule has 2 atom stereocenters. The first kappa shape index (κ1) is 15.5. The third-order valence-corrected chi connectivity index (χ3v) is 3.10. The SMILES string of the molecule is CC(NC(CCCCN)C(=O)O)c1ccccc1O. The Morgan fingerprint density at radius 3 is 2.63 bits per heavy atom. The molecule has 0 amide bonds. The highest BCUT2D eigenvalue weighted by Crippen LogP contribution is 2.23. The zero-order chi connectivity index (χ0) is 14.3. The van der Waals surface area contributed by atoms with Crippen molar-refractivity contribution in [1.29, 1.82) is 0 Å². The lowest BCUT2D eigenvalue weighted by molar-refractivity contribution is -0.139. The maximum absolute atomic E-state index is 11.2. The Morgan fingerprint density at radius 1 is 1.37 bits per heavy atom. The van der Waals surface area contributed by atoms with E-state index >= 15 is 0 Å². The first-order valence-electron chi connectivity index (χ1n) is 6.53. The van der Waals surface area contributed by atoms with Crippen LogP contribution >= 0.6 is 0 Å². The summed E-state index contributed by atoms with van der Waals surface area (Å²) in [6.07, 6.45) is 2.12. The van der Waals surface area contributed by atoms with E-state index in [9.17, 15) is 15.0 Å². The van der Waals surface area contributed by atoms with Crippen LogP contribution < -0.4 is 11.1 Å². The molecule has 5 nitrogen and oxygen atoms in total. The zero-order valence-corrected chi connectivity index (χ0v) is 11.2. The average Bonchev–Trinajstić information content (AvgIpc) is 2.38. The second-order valence-electron chi connectivity index (χ2n) is 4.62. The first-order chi connectivity index (χ1) is 9.06. The van der Waals surface area contributed by atoms with Gasteiger partial charge >= 0.3 is 5.97 Å². The van der Waals surface area contributed by atoms with Crippen LogP contribution in [0.4, 0.5) is 0 Å². The van der Waals surface area contributed by atoms with Gasteiger partial charge in [0.05, 0.1) is 0 Å². The van der Waals surface area contributed by atoms with E-state index in [1.54, 1.807) is 18.2 Å². The summed E-state index contributed by atoms with van der Waals surface area (Å²) >= 11 is 0. The molecule has 0 saturated carbocycles. The summed E-state index contributed by atoms with van der Waals surface area (Å²) in [6, 6.07) is 6.09. The van der Waals surface area contributed by atoms with E-state index in [0.717, 1.165) is 12.8 Å². The topological polar surface area (TPSA) is 95.6 Å². The summed E-state index contributed by atoms with van der Waals surface area (Å²) in [5.74, 6) is -0.701. The van der Waals surface area contributed by atoms with Crippen LogP contribution in [0, 0.1) is 0 Å². The predicted molar refractivity (Wildman–Crippen MR) is 74.0 cm³/mol. The number of para-hydroxylation sites is 1. The lowest BCUT2D eigenvalue weighted by atomic mass is 10.0. The summed E-state index contributed by atoms with van der Waals surface area (Å²) in [5.41, 5.74) is 6.10. The van der Waals surface area contributed by atoms with E-state index in [1.165, 1.54) is 0 Å². The Labute approximate surface area is 113 Å². The van der Waals surface area contributed by atoms with Gasteiger partial charge < -0.3 is 15.9 Å². The minimum atomic E-state index is -0.876. The number of unbranched alkanes of at least 4 members (excludes halogenated alkanes) is 1. The number of carboxylic acids is 1. The largest absolute Gasteiger partial charge is 0.508 e. The van der Waals surface area contributed by atoms with Gasteiger partial charge in [0.1, 0.15) is 11.8 Å². The number of phenolic OH excluding ortho intramolecular Hbond substituents is 1. The molecule has 0 spiro atoms. The van der Waals surface area contributed by atoms with E-state index in [0.29, 0.717) is 18.5 Å². The van der Waals surface area contributed by atoms with Crippen molar-refractivity contribution in [2.75, 3.05) is 6.54 Å². The molecule has 0 radical (unpaired) electrons. The van der Waals surface area contributed by atoms with Crippen LogP contribution in [0.15, 0.2) is 24.3 Å². The molecule has 0 aliphatic carbocycles. The summed E-state index contributed by atoms with van der Waals surface area (Å²) in [5, 5.41) is 22.0. The Kier molecular flexibility index (Phi) is 6.32. The minimum absolute atomic E-state index is 0.175. The van der Waals surface area contributed by atoms with Gasteiger partial charge in [-0.05, 0) is 32.4 Å². The van der Waals surface area contributed by atoms with Crippen LogP contribution in [0.3, 0.4) is 0 Å². The van der Waals surface area contributed by atoms with E-state index in [4.69, 9.17) is 5.73 Å². The molecule has 0 aromatic heterocycles. The van der Waals surface area contributed by atoms with Crippen molar-refractivity contribution >= 4 is 5.97 Å². The molecule has 106 valence electrons. The van der Waals surface area contributed by atoms with Crippen LogP contribution in [-0.2, 0) is 4.79 Å². The lowest BCUT2D eigenvalue weighted by Gasteiger charge is -2.21. The molecule has 1 aromatic carbocycles. The molecule has 5 N–H and O–H groups in total. The first-order valence-corrected chi connectivity index (χ1v) is 6.53. The van der Waals surface area contributed by atoms with E-state index in [2.05, 4.69) is 5.32 Å². The number of aliphatic carboxylic acids is 1. The molecule has 1 aromatic rings. The quantitative estimate of drug-likeness (QED) is 0.536. The van der Waals surface area contributed by atoms with Crippen molar-refractivity contribution in [1.82, 2.24) is 5.32 Å². The van der Waals surface area contributed by atoms with Gasteiger partial charge in [0.2, 0.25) is 0 Å². The number of carbonyl (C=O) groups is 1. The monoisotopic (exact) mass is 266 g/mol. The van der Waals surface area contributed by atoms with Gasteiger partial charge in [-0.3, -0.25) is 10.1 Å². The molecule has 0 aliphatic heterocycles. The van der Waals surface area contributed by atoms with Crippen LogP contribution in [0.1, 0.15) is 37.8 Å². The summed E-state index contributed by atoms with van der Waals surface area (Å²) < 4.78 is 0. The number of rotatable bonds is 8. The van der Waals surface area contributed by atoms with E-state index < -0.39 is 12.0 Å². The van der Waals surface area contributed by atoms with Gasteiger partial charge in [0.15, 0.2) is 0 Å². The van der Waals surface area contributed by atoms with Crippen LogP contribution in [-0.4, -0.2) is 28.8 Å². The molecular formula is C14H22N2O3. The van der Waals surface area contributed by atoms with Crippen LogP contribution in [0.2, 0.25) is 0 Å². The number of carboxylic acid groups (broad SMARTS) is 1. The molecule has 0 fully saturated rings. The Balaban J connectivity index is 2.63. The number of nitrogens with one attached hydrogen (secondary N) is 1. The normalized spacial score (nSPS) is 14.0. The van der Waals surface area contributed by atoms with Gasteiger partial charge in [-0.25, -0.2) is 0 Å². The van der Waals surface area contributed by atoms with E-state index in [1.807, 2.05) is 13.0 Å². The van der Waals surface area contributed by atoms with Crippen molar-refractivity contribution < 1.29 is 15.0 Å². The highest BCUT2D eigenvalue weighted by Gasteiger charge is 2.20. The molecular weight excluding hydrogens is 244 g/mol. The standard InChI is InChI=1S/C14H22N2O3/c1-10(11-6-2-3-8-13(11)17)16-12(14(18)19)7-4-5-9-15/h2-3,6,8,10,12,16-17H,4-5,7,9,15H2,1H3,(H,18,19). The molecule has 19 heavy (non-hydrogen) atoms. The lowest BCUT2D eigenvalue weighted by Crippen LogP contribution is -2.38. The van der Waals surface area contributed by atoms with Gasteiger partial charge in [0.25, 0.3) is 0 Å². The highest BCUT2D eigenvalue weighted by atomic mass is 16.4. The smallest absolute Gasteiger partial charge is 0.320 e. The van der Waals surface area contributed by atoms with Gasteiger partial charge in [-0.1, -0.05) is 24.6 Å². The van der Waals surface area contributed by atoms with Gasteiger partial charge in [-0.2, -0.15) is 0 Å². The van der Waals surface area contributed by atoms with Gasteiger partial charge in [-0.15, -0.1) is 0 Å². The average molecular weight is 266 g/mol. The molecule has 1 rings (SSSR count). The Morgan fingerprint density at radius 2 is 2.05 bits per heavy atom. The molecule has 5 heteroatoms. The number of hydrogen-bond donors (Lipinski definition) is 4. The molecule has 0 aliphatic rings. The number of nitrogens with two attached hydrogens (primary N) is 1. The van der Waals surface area contributed by atoms with Crippen molar-refractivity contribution in [2.45, 2.75) is 38.3 Å². The third-order valence-electron chi connectivity index (χ3n) is 3.10. The molecule has 2 unspecified atom stereocenters.